The van der Waals surface area contributed by atoms with E-state index >= 15 is 0 Å². The molecule has 28 heavy (non-hydrogen) atoms. The molecule has 8 heteroatoms. The van der Waals surface area contributed by atoms with Crippen LogP contribution in [0.2, 0.25) is 0 Å². The van der Waals surface area contributed by atoms with Crippen LogP contribution in [-0.4, -0.2) is 28.4 Å². The fourth-order valence-electron chi connectivity index (χ4n) is 2.72. The van der Waals surface area contributed by atoms with Gasteiger partial charge in [-0.1, -0.05) is 23.8 Å². The summed E-state index contributed by atoms with van der Waals surface area (Å²) in [7, 11) is 0. The number of fused-ring (bicyclic) bond motifs is 1. The van der Waals surface area contributed by atoms with Crippen LogP contribution in [0.25, 0.3) is 10.9 Å². The van der Waals surface area contributed by atoms with Gasteiger partial charge in [0.15, 0.2) is 5.69 Å². The third-order valence-electron chi connectivity index (χ3n) is 4.14. The van der Waals surface area contributed by atoms with Crippen LogP contribution in [0.5, 0.6) is 5.88 Å². The molecule has 1 aromatic heterocycles. The molecule has 0 atom stereocenters. The molecule has 7 nitrogen and oxygen atoms in total. The Labute approximate surface area is 170 Å². The molecule has 0 aliphatic rings. The zero-order chi connectivity index (χ0) is 20.1. The normalized spacial score (nSPS) is 11.2. The van der Waals surface area contributed by atoms with E-state index < -0.39 is 5.91 Å². The van der Waals surface area contributed by atoms with Gasteiger partial charge in [0.2, 0.25) is 5.88 Å². The Balaban J connectivity index is 1.52. The Morgan fingerprint density at radius 2 is 2.00 bits per heavy atom. The monoisotopic (exact) mass is 442 g/mol. The molecule has 0 fully saturated rings. The van der Waals surface area contributed by atoms with Crippen LogP contribution in [0.4, 0.5) is 5.69 Å². The number of nitrogens with zero attached hydrogens (tertiary/aromatic N) is 2. The number of halogens is 1. The van der Waals surface area contributed by atoms with E-state index in [2.05, 4.69) is 36.5 Å². The van der Waals surface area contributed by atoms with E-state index in [1.807, 2.05) is 31.2 Å². The number of aromatic nitrogens is 1. The number of nitrogens with one attached hydrogen (secondary N) is 2. The second-order valence-electron chi connectivity index (χ2n) is 6.30. The quantitative estimate of drug-likeness (QED) is 0.378. The van der Waals surface area contributed by atoms with E-state index in [1.54, 1.807) is 18.2 Å². The van der Waals surface area contributed by atoms with E-state index in [0.717, 1.165) is 11.1 Å². The third-order valence-corrected chi connectivity index (χ3v) is 4.83. The standard InChI is InChI=1S/C20H19BrN4O3/c1-12-8-9-16-14(11-12)18(20(28)23-16)25-24-17(26)7-4-10-22-19(27)13-5-2-3-6-15(13)21/h2-3,5-6,8-9,11,23,28H,4,7,10H2,1H3,(H,22,27). The van der Waals surface area contributed by atoms with Gasteiger partial charge in [-0.2, -0.15) is 0 Å². The van der Waals surface area contributed by atoms with E-state index in [0.29, 0.717) is 28.4 Å². The summed E-state index contributed by atoms with van der Waals surface area (Å²) >= 11 is 3.33. The van der Waals surface area contributed by atoms with Crippen LogP contribution < -0.4 is 5.32 Å². The Bertz CT molecular complexity index is 1060. The number of aromatic amines is 1. The smallest absolute Gasteiger partial charge is 0.264 e. The molecule has 3 N–H and O–H groups in total. The van der Waals surface area contributed by atoms with Gasteiger partial charge in [0.05, 0.1) is 11.1 Å². The second kappa shape index (κ2) is 8.79. The highest BCUT2D eigenvalue weighted by Crippen LogP contribution is 2.35. The molecule has 0 spiro atoms. The maximum Gasteiger partial charge on any atom is 0.264 e. The molecule has 0 bridgehead atoms. The van der Waals surface area contributed by atoms with Crippen molar-refractivity contribution in [3.8, 4) is 5.88 Å². The zero-order valence-corrected chi connectivity index (χ0v) is 16.8. The fraction of sp³-hybridized carbons (Fsp3) is 0.200. The fourth-order valence-corrected chi connectivity index (χ4v) is 3.18. The van der Waals surface area contributed by atoms with Crippen molar-refractivity contribution in [2.24, 2.45) is 10.2 Å². The summed E-state index contributed by atoms with van der Waals surface area (Å²) in [5, 5.41) is 21.0. The average molecular weight is 443 g/mol. The van der Waals surface area contributed by atoms with E-state index in [1.165, 1.54) is 0 Å². The van der Waals surface area contributed by atoms with Crippen molar-refractivity contribution in [3.63, 3.8) is 0 Å². The minimum absolute atomic E-state index is 0.127. The number of aryl methyl sites for hydroxylation is 1. The molecule has 0 aliphatic carbocycles. The average Bonchev–Trinajstić information content (AvgIpc) is 2.98. The lowest BCUT2D eigenvalue weighted by Crippen LogP contribution is -2.25. The second-order valence-corrected chi connectivity index (χ2v) is 7.16. The van der Waals surface area contributed by atoms with Gasteiger partial charge in [-0.05, 0) is 53.5 Å². The van der Waals surface area contributed by atoms with Crippen molar-refractivity contribution in [2.45, 2.75) is 19.8 Å². The van der Waals surface area contributed by atoms with Gasteiger partial charge in [0.1, 0.15) is 0 Å². The van der Waals surface area contributed by atoms with Crippen LogP contribution >= 0.6 is 15.9 Å². The predicted molar refractivity (Wildman–Crippen MR) is 110 cm³/mol. The highest BCUT2D eigenvalue weighted by atomic mass is 79.9. The van der Waals surface area contributed by atoms with Gasteiger partial charge < -0.3 is 15.4 Å². The molecule has 3 rings (SSSR count). The minimum atomic E-state index is -0.420. The van der Waals surface area contributed by atoms with Gasteiger partial charge in [0.25, 0.3) is 11.8 Å². The van der Waals surface area contributed by atoms with Crippen molar-refractivity contribution in [1.82, 2.24) is 10.3 Å². The topological polar surface area (TPSA) is 107 Å². The number of H-pyrrole nitrogens is 1. The molecule has 3 aromatic rings. The molecule has 0 aliphatic heterocycles. The first-order valence-corrected chi connectivity index (χ1v) is 9.53. The molecule has 0 unspecified atom stereocenters. The molecule has 0 saturated carbocycles. The summed E-state index contributed by atoms with van der Waals surface area (Å²) < 4.78 is 0.714. The largest absolute Gasteiger partial charge is 0.493 e. The predicted octanol–water partition coefficient (Wildman–Crippen LogP) is 4.76. The third kappa shape index (κ3) is 4.64. The number of benzene rings is 2. The van der Waals surface area contributed by atoms with Crippen molar-refractivity contribution in [3.05, 3.63) is 58.1 Å². The van der Waals surface area contributed by atoms with Gasteiger partial charge in [-0.3, -0.25) is 9.59 Å². The Kier molecular flexibility index (Phi) is 6.20. The van der Waals surface area contributed by atoms with Crippen LogP contribution in [-0.2, 0) is 4.79 Å². The number of carbonyl (C=O) groups is 2. The summed E-state index contributed by atoms with van der Waals surface area (Å²) in [5.74, 6) is -0.755. The SMILES string of the molecule is Cc1ccc2[nH]c(O)c(N=NC(=O)CCCNC(=O)c3ccccc3Br)c2c1. The molecule has 1 heterocycles. The molecular weight excluding hydrogens is 424 g/mol. The first kappa shape index (κ1) is 19.8. The summed E-state index contributed by atoms with van der Waals surface area (Å²) in [4.78, 5) is 26.8. The van der Waals surface area contributed by atoms with Gasteiger partial charge in [-0.25, -0.2) is 0 Å². The van der Waals surface area contributed by atoms with Crippen LogP contribution in [0.3, 0.4) is 0 Å². The van der Waals surface area contributed by atoms with Gasteiger partial charge in [0, 0.05) is 22.8 Å². The van der Waals surface area contributed by atoms with Crippen molar-refractivity contribution < 1.29 is 14.7 Å². The number of aromatic hydroxyl groups is 1. The number of rotatable bonds is 6. The molecule has 0 saturated heterocycles. The molecule has 2 amide bonds. The number of hydrogen-bond acceptors (Lipinski definition) is 4. The van der Waals surface area contributed by atoms with Gasteiger partial charge in [-0.15, -0.1) is 10.2 Å². The van der Waals surface area contributed by atoms with Crippen molar-refractivity contribution in [1.29, 1.82) is 0 Å². The first-order valence-electron chi connectivity index (χ1n) is 8.74. The van der Waals surface area contributed by atoms with Crippen molar-refractivity contribution in [2.75, 3.05) is 6.54 Å². The highest BCUT2D eigenvalue weighted by molar-refractivity contribution is 9.10. The van der Waals surface area contributed by atoms with Gasteiger partial charge >= 0.3 is 0 Å². The lowest BCUT2D eigenvalue weighted by molar-refractivity contribution is -0.118. The number of azo groups is 1. The minimum Gasteiger partial charge on any atom is -0.493 e. The van der Waals surface area contributed by atoms with E-state index in [9.17, 15) is 14.7 Å². The number of carbonyl (C=O) groups excluding carboxylic acids is 2. The van der Waals surface area contributed by atoms with Crippen LogP contribution in [0.1, 0.15) is 28.8 Å². The van der Waals surface area contributed by atoms with Crippen LogP contribution in [0, 0.1) is 6.92 Å². The number of hydrogen-bond donors (Lipinski definition) is 3. The molecule has 2 aromatic carbocycles. The van der Waals surface area contributed by atoms with Crippen molar-refractivity contribution >= 4 is 44.3 Å². The van der Waals surface area contributed by atoms with Crippen LogP contribution in [0.15, 0.2) is 57.2 Å². The van der Waals surface area contributed by atoms with E-state index in [4.69, 9.17) is 0 Å². The Morgan fingerprint density at radius 1 is 1.21 bits per heavy atom. The summed E-state index contributed by atoms with van der Waals surface area (Å²) in [5.41, 5.74) is 2.52. The zero-order valence-electron chi connectivity index (χ0n) is 15.2. The Morgan fingerprint density at radius 3 is 2.79 bits per heavy atom. The summed E-state index contributed by atoms with van der Waals surface area (Å²) in [6.07, 6.45) is 0.578. The highest BCUT2D eigenvalue weighted by Gasteiger charge is 2.12. The maximum absolute atomic E-state index is 12.1. The number of amides is 2. The summed E-state index contributed by atoms with van der Waals surface area (Å²) in [6, 6.07) is 12.7. The molecular formula is C20H19BrN4O3. The first-order chi connectivity index (χ1) is 13.5. The Hall–Kier alpha value is -3.00. The molecule has 144 valence electrons. The summed E-state index contributed by atoms with van der Waals surface area (Å²) in [6.45, 7) is 2.27. The molecule has 0 radical (unpaired) electrons. The lowest BCUT2D eigenvalue weighted by atomic mass is 10.2. The lowest BCUT2D eigenvalue weighted by Gasteiger charge is -2.05. The maximum atomic E-state index is 12.1. The van der Waals surface area contributed by atoms with E-state index in [-0.39, 0.29) is 23.9 Å².